The first kappa shape index (κ1) is 13.1. The summed E-state index contributed by atoms with van der Waals surface area (Å²) in [6.07, 6.45) is 1.68. The number of carbonyl (C=O) groups is 2. The van der Waals surface area contributed by atoms with Gasteiger partial charge >= 0.3 is 5.97 Å². The molecule has 0 aliphatic carbocycles. The van der Waals surface area contributed by atoms with Gasteiger partial charge in [-0.25, -0.2) is 9.78 Å². The van der Waals surface area contributed by atoms with E-state index in [2.05, 4.69) is 4.98 Å². The van der Waals surface area contributed by atoms with E-state index in [0.717, 1.165) is 5.56 Å². The third kappa shape index (κ3) is 2.20. The number of aromatic nitrogens is 1. The molecule has 0 saturated heterocycles. The maximum atomic E-state index is 12.6. The highest BCUT2D eigenvalue weighted by atomic mass is 16.4. The molecule has 0 bridgehead atoms. The SMILES string of the molecule is Nc1ccc(C(=O)N2c3ccccc3CC2C(=O)O)nc1. The molecule has 1 unspecified atom stereocenters. The molecule has 3 N–H and O–H groups in total. The summed E-state index contributed by atoms with van der Waals surface area (Å²) in [6.45, 7) is 0. The van der Waals surface area contributed by atoms with E-state index in [1.165, 1.54) is 17.2 Å². The van der Waals surface area contributed by atoms with Gasteiger partial charge in [-0.3, -0.25) is 9.69 Å². The number of rotatable bonds is 2. The van der Waals surface area contributed by atoms with Crippen molar-refractivity contribution in [3.8, 4) is 0 Å². The summed E-state index contributed by atoms with van der Waals surface area (Å²) in [5, 5.41) is 9.36. The van der Waals surface area contributed by atoms with Crippen molar-refractivity contribution in [2.45, 2.75) is 12.5 Å². The number of pyridine rings is 1. The van der Waals surface area contributed by atoms with E-state index >= 15 is 0 Å². The molecule has 0 fully saturated rings. The second-order valence-corrected chi connectivity index (χ2v) is 4.84. The predicted octanol–water partition coefficient (Wildman–Crippen LogP) is 1.32. The summed E-state index contributed by atoms with van der Waals surface area (Å²) < 4.78 is 0. The fourth-order valence-corrected chi connectivity index (χ4v) is 2.49. The molecule has 1 aliphatic heterocycles. The zero-order valence-electron chi connectivity index (χ0n) is 11.1. The number of hydrogen-bond donors (Lipinski definition) is 2. The second-order valence-electron chi connectivity index (χ2n) is 4.84. The van der Waals surface area contributed by atoms with Gasteiger partial charge in [0.15, 0.2) is 0 Å². The lowest BCUT2D eigenvalue weighted by atomic mass is 10.1. The number of aliphatic carboxylic acids is 1. The Morgan fingerprint density at radius 3 is 2.67 bits per heavy atom. The molecule has 106 valence electrons. The summed E-state index contributed by atoms with van der Waals surface area (Å²) in [4.78, 5) is 29.3. The number of nitrogens with zero attached hydrogens (tertiary/aromatic N) is 2. The Labute approximate surface area is 120 Å². The maximum absolute atomic E-state index is 12.6. The first-order chi connectivity index (χ1) is 10.1. The Hall–Kier alpha value is -2.89. The molecule has 1 atom stereocenters. The van der Waals surface area contributed by atoms with Gasteiger partial charge in [-0.15, -0.1) is 0 Å². The van der Waals surface area contributed by atoms with E-state index in [9.17, 15) is 14.7 Å². The van der Waals surface area contributed by atoms with Gasteiger partial charge in [-0.1, -0.05) is 18.2 Å². The lowest BCUT2D eigenvalue weighted by molar-refractivity contribution is -0.138. The maximum Gasteiger partial charge on any atom is 0.327 e. The summed E-state index contributed by atoms with van der Waals surface area (Å²) in [5.74, 6) is -1.47. The molecule has 3 rings (SSSR count). The van der Waals surface area contributed by atoms with Crippen molar-refractivity contribution in [2.24, 2.45) is 0 Å². The van der Waals surface area contributed by atoms with Gasteiger partial charge in [0.2, 0.25) is 0 Å². The molecule has 0 radical (unpaired) electrons. The number of nitrogens with two attached hydrogens (primary N) is 1. The summed E-state index contributed by atoms with van der Waals surface area (Å²) >= 11 is 0. The number of amides is 1. The van der Waals surface area contributed by atoms with Crippen molar-refractivity contribution in [2.75, 3.05) is 10.6 Å². The van der Waals surface area contributed by atoms with Gasteiger partial charge < -0.3 is 10.8 Å². The highest BCUT2D eigenvalue weighted by molar-refractivity contribution is 6.09. The topological polar surface area (TPSA) is 96.5 Å². The van der Waals surface area contributed by atoms with Crippen LogP contribution in [0, 0.1) is 0 Å². The van der Waals surface area contributed by atoms with Crippen LogP contribution in [0.3, 0.4) is 0 Å². The van der Waals surface area contributed by atoms with Crippen LogP contribution < -0.4 is 10.6 Å². The highest BCUT2D eigenvalue weighted by Gasteiger charge is 2.38. The standard InChI is InChI=1S/C15H13N3O3/c16-10-5-6-11(17-8-10)14(19)18-12-4-2-1-3-9(12)7-13(18)15(20)21/h1-6,8,13H,7,16H2,(H,20,21). The molecule has 2 heterocycles. The van der Waals surface area contributed by atoms with Crippen LogP contribution in [0.4, 0.5) is 11.4 Å². The third-order valence-electron chi connectivity index (χ3n) is 3.49. The number of carbonyl (C=O) groups excluding carboxylic acids is 1. The molecule has 21 heavy (non-hydrogen) atoms. The Morgan fingerprint density at radius 2 is 2.00 bits per heavy atom. The number of para-hydroxylation sites is 1. The number of carboxylic acid groups (broad SMARTS) is 1. The molecule has 6 nitrogen and oxygen atoms in total. The average Bonchev–Trinajstić information content (AvgIpc) is 2.87. The van der Waals surface area contributed by atoms with Crippen LogP contribution in [0.2, 0.25) is 0 Å². The smallest absolute Gasteiger partial charge is 0.327 e. The number of hydrogen-bond acceptors (Lipinski definition) is 4. The number of carboxylic acids is 1. The minimum absolute atomic E-state index is 0.173. The van der Waals surface area contributed by atoms with Gasteiger partial charge in [-0.2, -0.15) is 0 Å². The molecule has 0 saturated carbocycles. The van der Waals surface area contributed by atoms with Crippen LogP contribution in [0.15, 0.2) is 42.6 Å². The second kappa shape index (κ2) is 4.90. The Kier molecular flexibility index (Phi) is 3.06. The molecule has 6 heteroatoms. The van der Waals surface area contributed by atoms with E-state index in [0.29, 0.717) is 17.8 Å². The summed E-state index contributed by atoms with van der Waals surface area (Å²) in [5.41, 5.74) is 7.63. The minimum Gasteiger partial charge on any atom is -0.480 e. The normalized spacial score (nSPS) is 16.6. The van der Waals surface area contributed by atoms with Crippen LogP contribution in [0.5, 0.6) is 0 Å². The third-order valence-corrected chi connectivity index (χ3v) is 3.49. The van der Waals surface area contributed by atoms with Crippen LogP contribution in [0.1, 0.15) is 16.1 Å². The fraction of sp³-hybridized carbons (Fsp3) is 0.133. The van der Waals surface area contributed by atoms with Crippen molar-refractivity contribution < 1.29 is 14.7 Å². The van der Waals surface area contributed by atoms with Gasteiger partial charge in [0.25, 0.3) is 5.91 Å². The van der Waals surface area contributed by atoms with Crippen molar-refractivity contribution >= 4 is 23.3 Å². The van der Waals surface area contributed by atoms with Crippen LogP contribution in [-0.4, -0.2) is 28.0 Å². The molecular weight excluding hydrogens is 270 g/mol. The number of anilines is 2. The molecule has 1 aromatic carbocycles. The quantitative estimate of drug-likeness (QED) is 0.866. The lowest BCUT2D eigenvalue weighted by Gasteiger charge is -2.22. The van der Waals surface area contributed by atoms with Crippen LogP contribution in [-0.2, 0) is 11.2 Å². The lowest BCUT2D eigenvalue weighted by Crippen LogP contribution is -2.43. The monoisotopic (exact) mass is 283 g/mol. The zero-order valence-corrected chi connectivity index (χ0v) is 11.1. The Morgan fingerprint density at radius 1 is 1.24 bits per heavy atom. The van der Waals surface area contributed by atoms with Gasteiger partial charge in [0.1, 0.15) is 11.7 Å². The minimum atomic E-state index is -1.03. The van der Waals surface area contributed by atoms with Gasteiger partial charge in [0.05, 0.1) is 11.9 Å². The first-order valence-electron chi connectivity index (χ1n) is 6.43. The predicted molar refractivity (Wildman–Crippen MR) is 77.0 cm³/mol. The van der Waals surface area contributed by atoms with Crippen molar-refractivity contribution in [3.05, 3.63) is 53.9 Å². The van der Waals surface area contributed by atoms with Crippen molar-refractivity contribution in [1.82, 2.24) is 4.98 Å². The van der Waals surface area contributed by atoms with E-state index in [-0.39, 0.29) is 5.69 Å². The van der Waals surface area contributed by atoms with E-state index in [4.69, 9.17) is 5.73 Å². The van der Waals surface area contributed by atoms with Crippen LogP contribution in [0.25, 0.3) is 0 Å². The molecule has 0 spiro atoms. The fourth-order valence-electron chi connectivity index (χ4n) is 2.49. The van der Waals surface area contributed by atoms with Gasteiger partial charge in [-0.05, 0) is 23.8 Å². The Balaban J connectivity index is 2.03. The van der Waals surface area contributed by atoms with E-state index in [1.54, 1.807) is 18.2 Å². The summed E-state index contributed by atoms with van der Waals surface area (Å²) in [6, 6.07) is 9.33. The van der Waals surface area contributed by atoms with Crippen molar-refractivity contribution in [1.29, 1.82) is 0 Å². The zero-order chi connectivity index (χ0) is 15.0. The van der Waals surface area contributed by atoms with Crippen LogP contribution >= 0.6 is 0 Å². The molecule has 1 aliphatic rings. The molecule has 1 aromatic heterocycles. The number of fused-ring (bicyclic) bond motifs is 1. The van der Waals surface area contributed by atoms with E-state index < -0.39 is 17.9 Å². The van der Waals surface area contributed by atoms with Gasteiger partial charge in [0, 0.05) is 12.1 Å². The summed E-state index contributed by atoms with van der Waals surface area (Å²) in [7, 11) is 0. The largest absolute Gasteiger partial charge is 0.480 e. The number of nitrogen functional groups attached to an aromatic ring is 1. The van der Waals surface area contributed by atoms with E-state index in [1.807, 2.05) is 12.1 Å². The molecule has 2 aromatic rings. The molecule has 1 amide bonds. The number of benzene rings is 1. The van der Waals surface area contributed by atoms with Crippen molar-refractivity contribution in [3.63, 3.8) is 0 Å². The highest BCUT2D eigenvalue weighted by Crippen LogP contribution is 2.33. The molecular formula is C15H13N3O3. The first-order valence-corrected chi connectivity index (χ1v) is 6.43. The Bertz CT molecular complexity index is 712. The average molecular weight is 283 g/mol.